The second-order valence-corrected chi connectivity index (χ2v) is 7.55. The zero-order valence-electron chi connectivity index (χ0n) is 17.5. The van der Waals surface area contributed by atoms with Gasteiger partial charge in [0.1, 0.15) is 0 Å². The van der Waals surface area contributed by atoms with Crippen LogP contribution in [0.15, 0.2) is 78.9 Å². The van der Waals surface area contributed by atoms with Gasteiger partial charge in [-0.05, 0) is 60.9 Å². The Balaban J connectivity index is 1.28. The number of hydrazine groups is 1. The largest absolute Gasteiger partial charge is 0.362 e. The van der Waals surface area contributed by atoms with E-state index < -0.39 is 5.91 Å². The van der Waals surface area contributed by atoms with E-state index >= 15 is 0 Å². The Hall–Kier alpha value is -4.13. The van der Waals surface area contributed by atoms with Crippen molar-refractivity contribution in [3.63, 3.8) is 0 Å². The van der Waals surface area contributed by atoms with E-state index in [1.54, 1.807) is 48.5 Å². The van der Waals surface area contributed by atoms with Crippen molar-refractivity contribution < 1.29 is 14.4 Å². The van der Waals surface area contributed by atoms with E-state index in [4.69, 9.17) is 0 Å². The molecule has 0 atom stereocenters. The first-order valence-electron chi connectivity index (χ1n) is 10.5. The van der Waals surface area contributed by atoms with Crippen molar-refractivity contribution in [1.29, 1.82) is 0 Å². The average Bonchev–Trinajstić information content (AvgIpc) is 2.84. The van der Waals surface area contributed by atoms with E-state index in [1.807, 2.05) is 29.2 Å². The van der Waals surface area contributed by atoms with Crippen molar-refractivity contribution in [2.45, 2.75) is 12.8 Å². The number of hydrogen-bond acceptors (Lipinski definition) is 4. The molecule has 0 bridgehead atoms. The molecule has 1 heterocycles. The van der Waals surface area contributed by atoms with Crippen LogP contribution in [0, 0.1) is 0 Å². The highest BCUT2D eigenvalue weighted by atomic mass is 16.2. The van der Waals surface area contributed by atoms with Gasteiger partial charge in [-0.25, -0.2) is 0 Å². The topological polar surface area (TPSA) is 90.5 Å². The maximum Gasteiger partial charge on any atom is 0.269 e. The summed E-state index contributed by atoms with van der Waals surface area (Å²) in [5, 5.41) is 2.78. The lowest BCUT2D eigenvalue weighted by Crippen LogP contribution is -2.47. The average molecular weight is 428 g/mol. The third-order valence-corrected chi connectivity index (χ3v) is 5.30. The molecule has 7 heteroatoms. The molecule has 0 spiro atoms. The van der Waals surface area contributed by atoms with Crippen molar-refractivity contribution in [3.05, 3.63) is 95.6 Å². The van der Waals surface area contributed by atoms with Crippen molar-refractivity contribution in [1.82, 2.24) is 10.9 Å². The maximum absolute atomic E-state index is 12.4. The van der Waals surface area contributed by atoms with Crippen LogP contribution >= 0.6 is 0 Å². The SMILES string of the molecule is O=C(CN1CCCc2ccccc21)NNC(=O)c1ccc(NC(=O)c2ccccc2)cc1. The summed E-state index contributed by atoms with van der Waals surface area (Å²) in [6, 6.07) is 23.4. The van der Waals surface area contributed by atoms with Gasteiger partial charge >= 0.3 is 0 Å². The number of hydrogen-bond donors (Lipinski definition) is 3. The number of nitrogens with one attached hydrogen (secondary N) is 3. The minimum Gasteiger partial charge on any atom is -0.362 e. The van der Waals surface area contributed by atoms with E-state index in [2.05, 4.69) is 22.2 Å². The molecule has 3 amide bonds. The van der Waals surface area contributed by atoms with E-state index in [9.17, 15) is 14.4 Å². The number of amides is 3. The summed E-state index contributed by atoms with van der Waals surface area (Å²) in [7, 11) is 0. The van der Waals surface area contributed by atoms with E-state index in [0.29, 0.717) is 16.8 Å². The molecule has 162 valence electrons. The summed E-state index contributed by atoms with van der Waals surface area (Å²) in [4.78, 5) is 38.9. The zero-order chi connectivity index (χ0) is 22.3. The Bertz CT molecular complexity index is 1110. The highest BCUT2D eigenvalue weighted by Crippen LogP contribution is 2.26. The summed E-state index contributed by atoms with van der Waals surface area (Å²) in [6.45, 7) is 0.969. The molecule has 3 N–H and O–H groups in total. The lowest BCUT2D eigenvalue weighted by atomic mass is 10.0. The van der Waals surface area contributed by atoms with E-state index in [1.165, 1.54) is 5.56 Å². The van der Waals surface area contributed by atoms with Crippen LogP contribution in [0.1, 0.15) is 32.7 Å². The Morgan fingerprint density at radius 2 is 1.44 bits per heavy atom. The Morgan fingerprint density at radius 3 is 2.22 bits per heavy atom. The van der Waals surface area contributed by atoms with E-state index in [-0.39, 0.29) is 18.4 Å². The first kappa shape index (κ1) is 21.1. The lowest BCUT2D eigenvalue weighted by Gasteiger charge is -2.30. The number of carbonyl (C=O) groups excluding carboxylic acids is 3. The van der Waals surface area contributed by atoms with Crippen LogP contribution < -0.4 is 21.1 Å². The Labute approximate surface area is 186 Å². The fraction of sp³-hybridized carbons (Fsp3) is 0.160. The molecule has 1 aliphatic heterocycles. The van der Waals surface area contributed by atoms with Crippen molar-refractivity contribution in [3.8, 4) is 0 Å². The Kier molecular flexibility index (Phi) is 6.46. The molecule has 0 aliphatic carbocycles. The second-order valence-electron chi connectivity index (χ2n) is 7.55. The second kappa shape index (κ2) is 9.78. The van der Waals surface area contributed by atoms with Gasteiger partial charge in [0.05, 0.1) is 6.54 Å². The molecule has 0 saturated heterocycles. The smallest absolute Gasteiger partial charge is 0.269 e. The Morgan fingerprint density at radius 1 is 0.750 bits per heavy atom. The fourth-order valence-electron chi connectivity index (χ4n) is 3.69. The maximum atomic E-state index is 12.4. The van der Waals surface area contributed by atoms with Gasteiger partial charge in [-0.1, -0.05) is 36.4 Å². The van der Waals surface area contributed by atoms with Gasteiger partial charge in [-0.15, -0.1) is 0 Å². The third kappa shape index (κ3) is 5.13. The van der Waals surface area contributed by atoms with Gasteiger partial charge in [-0.2, -0.15) is 0 Å². The predicted octanol–water partition coefficient (Wildman–Crippen LogP) is 3.15. The molecule has 7 nitrogen and oxygen atoms in total. The van der Waals surface area contributed by atoms with Gasteiger partial charge < -0.3 is 10.2 Å². The molecule has 4 rings (SSSR count). The van der Waals surface area contributed by atoms with Gasteiger partial charge in [0.2, 0.25) is 0 Å². The first-order valence-corrected chi connectivity index (χ1v) is 10.5. The van der Waals surface area contributed by atoms with Crippen LogP contribution in [-0.2, 0) is 11.2 Å². The highest BCUT2D eigenvalue weighted by Gasteiger charge is 2.19. The third-order valence-electron chi connectivity index (χ3n) is 5.30. The van der Waals surface area contributed by atoms with Crippen LogP contribution in [0.5, 0.6) is 0 Å². The molecule has 3 aromatic rings. The number of aryl methyl sites for hydroxylation is 1. The van der Waals surface area contributed by atoms with Gasteiger partial charge in [0, 0.05) is 29.0 Å². The standard InChI is InChI=1S/C25H24N4O3/c30-23(17-29-16-6-10-18-7-4-5-11-22(18)29)27-28-25(32)20-12-14-21(15-13-20)26-24(31)19-8-2-1-3-9-19/h1-5,7-9,11-15H,6,10,16-17H2,(H,26,31)(H,27,30)(H,28,32). The number of para-hydroxylation sites is 1. The zero-order valence-corrected chi connectivity index (χ0v) is 17.5. The van der Waals surface area contributed by atoms with Crippen molar-refractivity contribution >= 4 is 29.1 Å². The number of anilines is 2. The molecule has 32 heavy (non-hydrogen) atoms. The summed E-state index contributed by atoms with van der Waals surface area (Å²) < 4.78 is 0. The van der Waals surface area contributed by atoms with Crippen molar-refractivity contribution in [2.24, 2.45) is 0 Å². The number of carbonyl (C=O) groups is 3. The molecular formula is C25H24N4O3. The number of benzene rings is 3. The molecular weight excluding hydrogens is 404 g/mol. The van der Waals surface area contributed by atoms with Crippen LogP contribution in [-0.4, -0.2) is 30.8 Å². The minimum atomic E-state index is -0.432. The van der Waals surface area contributed by atoms with Gasteiger partial charge in [-0.3, -0.25) is 25.2 Å². The quantitative estimate of drug-likeness (QED) is 0.545. The predicted molar refractivity (Wildman–Crippen MR) is 123 cm³/mol. The molecule has 3 aromatic carbocycles. The molecule has 0 fully saturated rings. The number of nitrogens with zero attached hydrogens (tertiary/aromatic N) is 1. The van der Waals surface area contributed by atoms with Crippen LogP contribution in [0.3, 0.4) is 0 Å². The summed E-state index contributed by atoms with van der Waals surface area (Å²) >= 11 is 0. The van der Waals surface area contributed by atoms with E-state index in [0.717, 1.165) is 25.1 Å². The molecule has 0 radical (unpaired) electrons. The number of fused-ring (bicyclic) bond motifs is 1. The molecule has 0 aromatic heterocycles. The van der Waals surface area contributed by atoms with Gasteiger partial charge in [0.15, 0.2) is 0 Å². The van der Waals surface area contributed by atoms with Crippen LogP contribution in [0.25, 0.3) is 0 Å². The minimum absolute atomic E-state index is 0.168. The highest BCUT2D eigenvalue weighted by molar-refractivity contribution is 6.04. The van der Waals surface area contributed by atoms with Crippen LogP contribution in [0.2, 0.25) is 0 Å². The summed E-state index contributed by atoms with van der Waals surface area (Å²) in [5.41, 5.74) is 8.71. The monoisotopic (exact) mass is 428 g/mol. The normalized spacial score (nSPS) is 12.4. The lowest BCUT2D eigenvalue weighted by molar-refractivity contribution is -0.120. The van der Waals surface area contributed by atoms with Crippen molar-refractivity contribution in [2.75, 3.05) is 23.3 Å². The number of rotatable bonds is 5. The molecule has 1 aliphatic rings. The van der Waals surface area contributed by atoms with Crippen LogP contribution in [0.4, 0.5) is 11.4 Å². The fourth-order valence-corrected chi connectivity index (χ4v) is 3.69. The first-order chi connectivity index (χ1) is 15.6. The van der Waals surface area contributed by atoms with Gasteiger partial charge in [0.25, 0.3) is 17.7 Å². The molecule has 0 unspecified atom stereocenters. The summed E-state index contributed by atoms with van der Waals surface area (Å²) in [6.07, 6.45) is 2.00. The summed E-state index contributed by atoms with van der Waals surface area (Å²) in [5.74, 6) is -0.950. The molecule has 0 saturated carbocycles.